The largest absolute Gasteiger partial charge is 0.469 e. The third-order valence-corrected chi connectivity index (χ3v) is 2.85. The van der Waals surface area contributed by atoms with Gasteiger partial charge in [0.1, 0.15) is 5.69 Å². The molecule has 0 saturated carbocycles. The first-order chi connectivity index (χ1) is 9.70. The smallest absolute Gasteiger partial charge is 0.307 e. The summed E-state index contributed by atoms with van der Waals surface area (Å²) in [5.74, 6) is -0.705. The van der Waals surface area contributed by atoms with Crippen LogP contribution in [0.4, 0.5) is 0 Å². The zero-order valence-electron chi connectivity index (χ0n) is 11.0. The Morgan fingerprint density at radius 3 is 2.65 bits per heavy atom. The molecule has 1 atom stereocenters. The third kappa shape index (κ3) is 3.44. The first kappa shape index (κ1) is 13.8. The number of nitrogens with one attached hydrogen (secondary N) is 2. The van der Waals surface area contributed by atoms with Crippen LogP contribution in [-0.4, -0.2) is 29.2 Å². The highest BCUT2D eigenvalue weighted by molar-refractivity contribution is 5.92. The van der Waals surface area contributed by atoms with Crippen molar-refractivity contribution in [2.75, 3.05) is 7.11 Å². The molecule has 1 aromatic heterocycles. The van der Waals surface area contributed by atoms with E-state index in [-0.39, 0.29) is 18.3 Å². The minimum atomic E-state index is -0.445. The van der Waals surface area contributed by atoms with Crippen molar-refractivity contribution in [3.63, 3.8) is 0 Å². The molecule has 2 N–H and O–H groups in total. The maximum atomic E-state index is 12.0. The van der Waals surface area contributed by atoms with Crippen LogP contribution in [-0.2, 0) is 9.53 Å². The number of carbonyl (C=O) groups excluding carboxylic acids is 2. The zero-order valence-corrected chi connectivity index (χ0v) is 11.0. The number of benzene rings is 1. The van der Waals surface area contributed by atoms with Crippen LogP contribution in [0.1, 0.15) is 28.5 Å². The second-order valence-corrected chi connectivity index (χ2v) is 4.19. The quantitative estimate of drug-likeness (QED) is 0.807. The van der Waals surface area contributed by atoms with Gasteiger partial charge in [-0.05, 0) is 11.6 Å². The van der Waals surface area contributed by atoms with Gasteiger partial charge < -0.3 is 10.1 Å². The predicted molar refractivity (Wildman–Crippen MR) is 71.9 cm³/mol. The average Bonchev–Trinajstić information content (AvgIpc) is 3.01. The number of aromatic amines is 1. The third-order valence-electron chi connectivity index (χ3n) is 2.85. The predicted octanol–water partition coefficient (Wildman–Crippen LogP) is 1.44. The van der Waals surface area contributed by atoms with Crippen LogP contribution < -0.4 is 5.32 Å². The van der Waals surface area contributed by atoms with Gasteiger partial charge in [0, 0.05) is 6.20 Å². The van der Waals surface area contributed by atoms with Crippen molar-refractivity contribution in [1.29, 1.82) is 0 Å². The fourth-order valence-corrected chi connectivity index (χ4v) is 1.81. The SMILES string of the molecule is COC(=O)CC(NC(=O)c1ccn[nH]1)c1ccccc1. The molecule has 0 spiro atoms. The van der Waals surface area contributed by atoms with E-state index >= 15 is 0 Å². The van der Waals surface area contributed by atoms with Gasteiger partial charge in [0.05, 0.1) is 19.6 Å². The highest BCUT2D eigenvalue weighted by atomic mass is 16.5. The van der Waals surface area contributed by atoms with Crippen molar-refractivity contribution >= 4 is 11.9 Å². The molecule has 0 aliphatic heterocycles. The van der Waals surface area contributed by atoms with Gasteiger partial charge in [0.15, 0.2) is 0 Å². The first-order valence-electron chi connectivity index (χ1n) is 6.12. The Labute approximate surface area is 116 Å². The number of rotatable bonds is 5. The Hall–Kier alpha value is -2.63. The fraction of sp³-hybridized carbons (Fsp3) is 0.214. The molecular weight excluding hydrogens is 258 g/mol. The van der Waals surface area contributed by atoms with E-state index in [0.717, 1.165) is 5.56 Å². The number of aromatic nitrogens is 2. The lowest BCUT2D eigenvalue weighted by Gasteiger charge is -2.17. The topological polar surface area (TPSA) is 84.1 Å². The molecule has 2 rings (SSSR count). The lowest BCUT2D eigenvalue weighted by molar-refractivity contribution is -0.141. The number of amides is 1. The Bertz CT molecular complexity index is 567. The van der Waals surface area contributed by atoms with Crippen LogP contribution in [0.25, 0.3) is 0 Å². The molecule has 1 heterocycles. The van der Waals surface area contributed by atoms with E-state index in [1.807, 2.05) is 30.3 Å². The van der Waals surface area contributed by atoms with E-state index in [4.69, 9.17) is 0 Å². The van der Waals surface area contributed by atoms with Crippen LogP contribution in [0, 0.1) is 0 Å². The lowest BCUT2D eigenvalue weighted by atomic mass is 10.0. The number of hydrogen-bond donors (Lipinski definition) is 2. The fourth-order valence-electron chi connectivity index (χ4n) is 1.81. The normalized spacial score (nSPS) is 11.7. The van der Waals surface area contributed by atoms with Crippen molar-refractivity contribution in [3.8, 4) is 0 Å². The number of nitrogens with zero attached hydrogens (tertiary/aromatic N) is 1. The van der Waals surface area contributed by atoms with Crippen LogP contribution in [0.15, 0.2) is 42.6 Å². The minimum absolute atomic E-state index is 0.0698. The lowest BCUT2D eigenvalue weighted by Crippen LogP contribution is -2.30. The number of H-pyrrole nitrogens is 1. The first-order valence-corrected chi connectivity index (χ1v) is 6.12. The molecule has 6 heteroatoms. The average molecular weight is 273 g/mol. The van der Waals surface area contributed by atoms with Gasteiger partial charge in [-0.2, -0.15) is 5.10 Å². The number of carbonyl (C=O) groups is 2. The number of ether oxygens (including phenoxy) is 1. The standard InChI is InChI=1S/C14H15N3O3/c1-20-13(18)9-12(10-5-3-2-4-6-10)16-14(19)11-7-8-15-17-11/h2-8,12H,9H2,1H3,(H,15,17)(H,16,19). The van der Waals surface area contributed by atoms with Gasteiger partial charge in [-0.3, -0.25) is 14.7 Å². The van der Waals surface area contributed by atoms with Gasteiger partial charge in [-0.15, -0.1) is 0 Å². The highest BCUT2D eigenvalue weighted by Crippen LogP contribution is 2.17. The molecule has 20 heavy (non-hydrogen) atoms. The second kappa shape index (κ2) is 6.51. The minimum Gasteiger partial charge on any atom is -0.469 e. The number of hydrogen-bond acceptors (Lipinski definition) is 4. The van der Waals surface area contributed by atoms with Crippen molar-refractivity contribution < 1.29 is 14.3 Å². The van der Waals surface area contributed by atoms with Crippen LogP contribution in [0.3, 0.4) is 0 Å². The molecule has 0 saturated heterocycles. The summed E-state index contributed by atoms with van der Waals surface area (Å²) >= 11 is 0. The van der Waals surface area contributed by atoms with Gasteiger partial charge in [0.2, 0.25) is 0 Å². The molecule has 0 aliphatic carbocycles. The number of esters is 1. The molecule has 6 nitrogen and oxygen atoms in total. The van der Waals surface area contributed by atoms with Crippen LogP contribution >= 0.6 is 0 Å². The summed E-state index contributed by atoms with van der Waals surface area (Å²) in [5.41, 5.74) is 1.18. The van der Waals surface area contributed by atoms with Gasteiger partial charge in [-0.25, -0.2) is 0 Å². The van der Waals surface area contributed by atoms with E-state index < -0.39 is 6.04 Å². The monoisotopic (exact) mass is 273 g/mol. The van der Waals surface area contributed by atoms with E-state index in [0.29, 0.717) is 5.69 Å². The Morgan fingerprint density at radius 2 is 2.05 bits per heavy atom. The molecule has 0 fully saturated rings. The molecule has 1 amide bonds. The van der Waals surface area contributed by atoms with Crippen molar-refractivity contribution in [3.05, 3.63) is 53.9 Å². The summed E-state index contributed by atoms with van der Waals surface area (Å²) in [7, 11) is 1.32. The Kier molecular flexibility index (Phi) is 4.49. The van der Waals surface area contributed by atoms with Gasteiger partial charge in [0.25, 0.3) is 5.91 Å². The van der Waals surface area contributed by atoms with E-state index in [9.17, 15) is 9.59 Å². The zero-order chi connectivity index (χ0) is 14.4. The molecule has 1 aromatic carbocycles. The Morgan fingerprint density at radius 1 is 1.30 bits per heavy atom. The summed E-state index contributed by atoms with van der Waals surface area (Å²) in [6.45, 7) is 0. The van der Waals surface area contributed by atoms with Crippen molar-refractivity contribution in [2.24, 2.45) is 0 Å². The van der Waals surface area contributed by atoms with Crippen LogP contribution in [0.2, 0.25) is 0 Å². The maximum absolute atomic E-state index is 12.0. The second-order valence-electron chi connectivity index (χ2n) is 4.19. The summed E-state index contributed by atoms with van der Waals surface area (Å²) in [6, 6.07) is 10.4. The maximum Gasteiger partial charge on any atom is 0.307 e. The van der Waals surface area contributed by atoms with Crippen molar-refractivity contribution in [1.82, 2.24) is 15.5 Å². The van der Waals surface area contributed by atoms with Crippen LogP contribution in [0.5, 0.6) is 0 Å². The molecule has 0 aliphatic rings. The van der Waals surface area contributed by atoms with Gasteiger partial charge >= 0.3 is 5.97 Å². The molecule has 2 aromatic rings. The molecule has 104 valence electrons. The highest BCUT2D eigenvalue weighted by Gasteiger charge is 2.19. The van der Waals surface area contributed by atoms with E-state index in [1.165, 1.54) is 13.3 Å². The van der Waals surface area contributed by atoms with Crippen molar-refractivity contribution in [2.45, 2.75) is 12.5 Å². The molecular formula is C14H15N3O3. The number of methoxy groups -OCH3 is 1. The molecule has 0 radical (unpaired) electrons. The summed E-state index contributed by atoms with van der Waals surface area (Å²) < 4.78 is 4.66. The summed E-state index contributed by atoms with van der Waals surface area (Å²) in [4.78, 5) is 23.5. The molecule has 1 unspecified atom stereocenters. The molecule has 0 bridgehead atoms. The summed E-state index contributed by atoms with van der Waals surface area (Å²) in [5, 5.41) is 9.10. The van der Waals surface area contributed by atoms with E-state index in [1.54, 1.807) is 6.07 Å². The summed E-state index contributed by atoms with van der Waals surface area (Å²) in [6.07, 6.45) is 1.56. The van der Waals surface area contributed by atoms with Gasteiger partial charge in [-0.1, -0.05) is 30.3 Å². The Balaban J connectivity index is 2.14. The van der Waals surface area contributed by atoms with E-state index in [2.05, 4.69) is 20.3 Å².